The minimum absolute atomic E-state index is 0.390. The molecule has 1 nitrogen and oxygen atoms in total. The largest absolute Gasteiger partial charge is 0.396 e. The molecule has 0 aliphatic heterocycles. The van der Waals surface area contributed by atoms with Crippen LogP contribution in [0.3, 0.4) is 0 Å². The van der Waals surface area contributed by atoms with Crippen LogP contribution in [0.5, 0.6) is 0 Å². The first-order valence-corrected chi connectivity index (χ1v) is 7.29. The maximum absolute atomic E-state index is 9.10. The highest BCUT2D eigenvalue weighted by Crippen LogP contribution is 2.58. The monoisotopic (exact) mass is 226 g/mol. The number of hydrogen-bond acceptors (Lipinski definition) is 1. The van der Waals surface area contributed by atoms with Crippen molar-refractivity contribution in [3.05, 3.63) is 0 Å². The molecular weight excluding hydrogens is 196 g/mol. The molecule has 0 saturated heterocycles. The molecule has 0 spiro atoms. The van der Waals surface area contributed by atoms with Gasteiger partial charge in [-0.05, 0) is 48.9 Å². The molecule has 96 valence electrons. The third-order valence-electron chi connectivity index (χ3n) is 5.15. The van der Waals surface area contributed by atoms with Crippen molar-refractivity contribution in [3.8, 4) is 0 Å². The van der Waals surface area contributed by atoms with Gasteiger partial charge in [-0.3, -0.25) is 0 Å². The highest BCUT2D eigenvalue weighted by Gasteiger charge is 2.49. The van der Waals surface area contributed by atoms with Crippen LogP contribution in [-0.4, -0.2) is 11.7 Å². The molecule has 4 atom stereocenters. The predicted molar refractivity (Wildman–Crippen MR) is 70.4 cm³/mol. The summed E-state index contributed by atoms with van der Waals surface area (Å²) < 4.78 is 0. The lowest BCUT2D eigenvalue weighted by atomic mass is 9.61. The fourth-order valence-corrected chi connectivity index (χ4v) is 4.30. The molecule has 0 radical (unpaired) electrons. The van der Waals surface area contributed by atoms with Crippen LogP contribution >= 0.6 is 0 Å². The molecule has 0 aromatic heterocycles. The molecular formula is C15H30O. The molecule has 0 heterocycles. The summed E-state index contributed by atoms with van der Waals surface area (Å²) in [5, 5.41) is 9.10. The summed E-state index contributed by atoms with van der Waals surface area (Å²) in [5.74, 6) is 2.69. The Morgan fingerprint density at radius 2 is 1.88 bits per heavy atom. The lowest BCUT2D eigenvalue weighted by Crippen LogP contribution is -2.36. The standard InChI is InChI=1S/C13H24O.C2H6/c1-10-4-3-8-13(2)11(7-9-14)5-6-12(10)13;1-2/h10-12,14H,3-9H2,1-2H3;1-2H3/t10?,11-,12+,13?;/m1./s1. The minimum atomic E-state index is 0.390. The van der Waals surface area contributed by atoms with Gasteiger partial charge < -0.3 is 5.11 Å². The average molecular weight is 226 g/mol. The zero-order valence-corrected chi connectivity index (χ0v) is 11.6. The third kappa shape index (κ3) is 2.45. The Hall–Kier alpha value is -0.0400. The lowest BCUT2D eigenvalue weighted by molar-refractivity contribution is 0.0482. The second kappa shape index (κ2) is 6.05. The van der Waals surface area contributed by atoms with Gasteiger partial charge in [0, 0.05) is 6.61 Å². The van der Waals surface area contributed by atoms with E-state index >= 15 is 0 Å². The Morgan fingerprint density at radius 1 is 1.19 bits per heavy atom. The van der Waals surface area contributed by atoms with Gasteiger partial charge >= 0.3 is 0 Å². The molecule has 0 aromatic carbocycles. The van der Waals surface area contributed by atoms with E-state index in [1.54, 1.807) is 0 Å². The van der Waals surface area contributed by atoms with Crippen LogP contribution in [-0.2, 0) is 0 Å². The highest BCUT2D eigenvalue weighted by molar-refractivity contribution is 4.98. The van der Waals surface area contributed by atoms with Crippen molar-refractivity contribution in [2.24, 2.45) is 23.2 Å². The SMILES string of the molecule is CC.CC1CCCC2(C)[C@@H](CCO)CC[C@@H]12. The van der Waals surface area contributed by atoms with Gasteiger partial charge in [0.05, 0.1) is 0 Å². The van der Waals surface area contributed by atoms with Crippen LogP contribution in [0.15, 0.2) is 0 Å². The molecule has 2 aliphatic rings. The Bertz CT molecular complexity index is 202. The van der Waals surface area contributed by atoms with Crippen molar-refractivity contribution >= 4 is 0 Å². The summed E-state index contributed by atoms with van der Waals surface area (Å²) in [6.45, 7) is 9.31. The highest BCUT2D eigenvalue weighted by atomic mass is 16.3. The first kappa shape index (κ1) is 14.0. The van der Waals surface area contributed by atoms with E-state index in [4.69, 9.17) is 5.11 Å². The summed E-state index contributed by atoms with van der Waals surface area (Å²) in [6.07, 6.45) is 8.09. The van der Waals surface area contributed by atoms with E-state index in [0.29, 0.717) is 12.0 Å². The smallest absolute Gasteiger partial charge is 0.0433 e. The van der Waals surface area contributed by atoms with Gasteiger partial charge in [-0.15, -0.1) is 0 Å². The molecule has 1 N–H and O–H groups in total. The van der Waals surface area contributed by atoms with E-state index in [9.17, 15) is 0 Å². The normalized spacial score (nSPS) is 42.2. The fourth-order valence-electron chi connectivity index (χ4n) is 4.30. The summed E-state index contributed by atoms with van der Waals surface area (Å²) in [4.78, 5) is 0. The van der Waals surface area contributed by atoms with Gasteiger partial charge in [-0.1, -0.05) is 40.5 Å². The molecule has 0 bridgehead atoms. The Labute approximate surface area is 102 Å². The Kier molecular flexibility index (Phi) is 5.30. The average Bonchev–Trinajstić information content (AvgIpc) is 2.61. The number of fused-ring (bicyclic) bond motifs is 1. The van der Waals surface area contributed by atoms with Gasteiger partial charge in [0.1, 0.15) is 0 Å². The second-order valence-corrected chi connectivity index (χ2v) is 5.77. The maximum atomic E-state index is 9.10. The Balaban J connectivity index is 0.000000606. The van der Waals surface area contributed by atoms with Gasteiger partial charge in [0.25, 0.3) is 0 Å². The van der Waals surface area contributed by atoms with Crippen LogP contribution < -0.4 is 0 Å². The molecule has 16 heavy (non-hydrogen) atoms. The van der Waals surface area contributed by atoms with Gasteiger partial charge in [0.2, 0.25) is 0 Å². The van der Waals surface area contributed by atoms with E-state index in [2.05, 4.69) is 13.8 Å². The Morgan fingerprint density at radius 3 is 2.50 bits per heavy atom. The van der Waals surface area contributed by atoms with E-state index in [-0.39, 0.29) is 0 Å². The topological polar surface area (TPSA) is 20.2 Å². The number of aliphatic hydroxyl groups excluding tert-OH is 1. The zero-order valence-electron chi connectivity index (χ0n) is 11.6. The zero-order chi connectivity index (χ0) is 12.2. The predicted octanol–water partition coefficient (Wildman–Crippen LogP) is 4.25. The van der Waals surface area contributed by atoms with Crippen molar-refractivity contribution in [1.29, 1.82) is 0 Å². The lowest BCUT2D eigenvalue weighted by Gasteiger charge is -2.44. The molecule has 2 aliphatic carbocycles. The first-order valence-electron chi connectivity index (χ1n) is 7.29. The van der Waals surface area contributed by atoms with Crippen molar-refractivity contribution in [3.63, 3.8) is 0 Å². The van der Waals surface area contributed by atoms with Crippen LogP contribution in [0.1, 0.15) is 66.2 Å². The molecule has 2 saturated carbocycles. The van der Waals surface area contributed by atoms with Crippen molar-refractivity contribution in [1.82, 2.24) is 0 Å². The van der Waals surface area contributed by atoms with Gasteiger partial charge in [-0.2, -0.15) is 0 Å². The van der Waals surface area contributed by atoms with Crippen LogP contribution in [0.2, 0.25) is 0 Å². The van der Waals surface area contributed by atoms with Gasteiger partial charge in [0.15, 0.2) is 0 Å². The summed E-state index contributed by atoms with van der Waals surface area (Å²) >= 11 is 0. The molecule has 2 fully saturated rings. The molecule has 1 heteroatoms. The van der Waals surface area contributed by atoms with Crippen LogP contribution in [0.4, 0.5) is 0 Å². The van der Waals surface area contributed by atoms with E-state index in [0.717, 1.165) is 24.2 Å². The van der Waals surface area contributed by atoms with Crippen LogP contribution in [0, 0.1) is 23.2 Å². The van der Waals surface area contributed by atoms with E-state index < -0.39 is 0 Å². The minimum Gasteiger partial charge on any atom is -0.396 e. The van der Waals surface area contributed by atoms with Crippen LogP contribution in [0.25, 0.3) is 0 Å². The third-order valence-corrected chi connectivity index (χ3v) is 5.15. The number of rotatable bonds is 2. The molecule has 2 rings (SSSR count). The van der Waals surface area contributed by atoms with E-state index in [1.165, 1.54) is 32.1 Å². The van der Waals surface area contributed by atoms with E-state index in [1.807, 2.05) is 13.8 Å². The van der Waals surface area contributed by atoms with Crippen molar-refractivity contribution in [2.45, 2.75) is 66.2 Å². The van der Waals surface area contributed by atoms with Crippen molar-refractivity contribution in [2.75, 3.05) is 6.61 Å². The molecule has 2 unspecified atom stereocenters. The summed E-state index contributed by atoms with van der Waals surface area (Å²) in [5.41, 5.74) is 0.570. The quantitative estimate of drug-likeness (QED) is 0.746. The molecule has 0 aromatic rings. The fraction of sp³-hybridized carbons (Fsp3) is 1.00. The number of aliphatic hydroxyl groups is 1. The van der Waals surface area contributed by atoms with Gasteiger partial charge in [-0.25, -0.2) is 0 Å². The first-order chi connectivity index (χ1) is 7.68. The summed E-state index contributed by atoms with van der Waals surface area (Å²) in [7, 11) is 0. The van der Waals surface area contributed by atoms with Crippen molar-refractivity contribution < 1.29 is 5.11 Å². The maximum Gasteiger partial charge on any atom is 0.0433 e. The summed E-state index contributed by atoms with van der Waals surface area (Å²) in [6, 6.07) is 0. The second-order valence-electron chi connectivity index (χ2n) is 5.77. The molecule has 0 amide bonds. The number of hydrogen-bond donors (Lipinski definition) is 1.